The summed E-state index contributed by atoms with van der Waals surface area (Å²) in [5, 5.41) is 10.5. The van der Waals surface area contributed by atoms with Crippen LogP contribution in [0.5, 0.6) is 5.75 Å². The molecule has 2 aromatic carbocycles. The number of likely N-dealkylation sites (tertiary alicyclic amines) is 2. The third-order valence-electron chi connectivity index (χ3n) is 6.18. The lowest BCUT2D eigenvalue weighted by Crippen LogP contribution is -2.35. The summed E-state index contributed by atoms with van der Waals surface area (Å²) < 4.78 is 59.6. The molecule has 3 aromatic rings. The van der Waals surface area contributed by atoms with Crippen LogP contribution in [0.4, 0.5) is 22.4 Å². The number of nitrogens with zero attached hydrogens (tertiary/aromatic N) is 4. The molecule has 0 radical (unpaired) electrons. The second kappa shape index (κ2) is 8.71. The Morgan fingerprint density at radius 2 is 1.66 bits per heavy atom. The summed E-state index contributed by atoms with van der Waals surface area (Å²) in [5.41, 5.74) is 1.93. The Labute approximate surface area is 195 Å². The first-order valence-electron chi connectivity index (χ1n) is 10.7. The summed E-state index contributed by atoms with van der Waals surface area (Å²) in [7, 11) is 0. The summed E-state index contributed by atoms with van der Waals surface area (Å²) in [6, 6.07) is 7.97. The van der Waals surface area contributed by atoms with Crippen LogP contribution < -0.4 is 4.74 Å². The summed E-state index contributed by atoms with van der Waals surface area (Å²) in [6.07, 6.45) is -5.67. The molecule has 0 spiro atoms. The fourth-order valence-electron chi connectivity index (χ4n) is 4.54. The average molecular weight is 493 g/mol. The molecule has 2 atom stereocenters. The van der Waals surface area contributed by atoms with E-state index in [1.807, 2.05) is 0 Å². The van der Waals surface area contributed by atoms with E-state index in [0.29, 0.717) is 42.8 Å². The fraction of sp³-hybridized carbons (Fsp3) is 0.364. The number of amides is 2. The Morgan fingerprint density at radius 3 is 2.37 bits per heavy atom. The molecular weight excluding hydrogens is 474 g/mol. The first-order valence-corrected chi connectivity index (χ1v) is 10.7. The lowest BCUT2D eigenvalue weighted by molar-refractivity contribution is -0.275. The van der Waals surface area contributed by atoms with Crippen molar-refractivity contribution in [2.75, 3.05) is 26.2 Å². The molecule has 2 aliphatic rings. The number of nitrogens with one attached hydrogen (secondary N) is 1. The van der Waals surface area contributed by atoms with E-state index in [2.05, 4.69) is 20.1 Å². The highest BCUT2D eigenvalue weighted by molar-refractivity contribution is 5.97. The Kier molecular flexibility index (Phi) is 5.69. The van der Waals surface area contributed by atoms with Gasteiger partial charge in [0.05, 0.1) is 0 Å². The lowest BCUT2D eigenvalue weighted by Gasteiger charge is -2.21. The number of alkyl halides is 3. The minimum absolute atomic E-state index is 0.0832. The van der Waals surface area contributed by atoms with Crippen molar-refractivity contribution in [2.45, 2.75) is 13.0 Å². The number of halogens is 4. The number of fused-ring (bicyclic) bond motifs is 2. The zero-order chi connectivity index (χ0) is 24.7. The van der Waals surface area contributed by atoms with Crippen LogP contribution >= 0.6 is 0 Å². The van der Waals surface area contributed by atoms with Crippen molar-refractivity contribution in [3.8, 4) is 5.75 Å². The Bertz CT molecular complexity index is 1270. The van der Waals surface area contributed by atoms with Gasteiger partial charge in [0.1, 0.15) is 17.6 Å². The third-order valence-corrected chi connectivity index (χ3v) is 6.18. The maximum atomic E-state index is 13.6. The molecule has 0 bridgehead atoms. The van der Waals surface area contributed by atoms with Crippen LogP contribution in [0.2, 0.25) is 0 Å². The summed E-state index contributed by atoms with van der Waals surface area (Å²) in [4.78, 5) is 28.7. The van der Waals surface area contributed by atoms with E-state index in [1.54, 1.807) is 23.1 Å². The molecule has 2 fully saturated rings. The number of benzene rings is 2. The average Bonchev–Trinajstić information content (AvgIpc) is 3.52. The molecule has 184 valence electrons. The smallest absolute Gasteiger partial charge is 0.445 e. The molecule has 5 rings (SSSR count). The van der Waals surface area contributed by atoms with Crippen molar-refractivity contribution in [2.24, 2.45) is 11.8 Å². The SMILES string of the molecule is O=C(OCc1ccc(F)c(OC(F)(F)F)c1)N1CC2CN(C(=O)c3ccc4n[nH]nc4c3)CC2C1. The summed E-state index contributed by atoms with van der Waals surface area (Å²) >= 11 is 0. The molecule has 13 heteroatoms. The van der Waals surface area contributed by atoms with Crippen LogP contribution in [0.3, 0.4) is 0 Å². The van der Waals surface area contributed by atoms with Gasteiger partial charge in [-0.3, -0.25) is 4.79 Å². The van der Waals surface area contributed by atoms with E-state index in [9.17, 15) is 27.2 Å². The van der Waals surface area contributed by atoms with E-state index in [1.165, 1.54) is 11.0 Å². The predicted octanol–water partition coefficient (Wildman–Crippen LogP) is 3.34. The fourth-order valence-corrected chi connectivity index (χ4v) is 4.54. The molecule has 2 aliphatic heterocycles. The highest BCUT2D eigenvalue weighted by Gasteiger charge is 2.43. The van der Waals surface area contributed by atoms with Crippen molar-refractivity contribution in [3.63, 3.8) is 0 Å². The van der Waals surface area contributed by atoms with Gasteiger partial charge in [-0.2, -0.15) is 15.4 Å². The van der Waals surface area contributed by atoms with Crippen LogP contribution in [-0.4, -0.2) is 69.8 Å². The quantitative estimate of drug-likeness (QED) is 0.560. The number of carbonyl (C=O) groups excluding carboxylic acids is 2. The van der Waals surface area contributed by atoms with Crippen molar-refractivity contribution in [1.82, 2.24) is 25.2 Å². The zero-order valence-corrected chi connectivity index (χ0v) is 18.1. The molecule has 2 unspecified atom stereocenters. The number of H-pyrrole nitrogens is 1. The maximum absolute atomic E-state index is 13.6. The van der Waals surface area contributed by atoms with Gasteiger partial charge in [0.15, 0.2) is 11.6 Å². The van der Waals surface area contributed by atoms with Gasteiger partial charge in [-0.25, -0.2) is 9.18 Å². The van der Waals surface area contributed by atoms with Crippen LogP contribution in [-0.2, 0) is 11.3 Å². The topological polar surface area (TPSA) is 101 Å². The second-order valence-corrected chi connectivity index (χ2v) is 8.53. The van der Waals surface area contributed by atoms with Crippen molar-refractivity contribution in [3.05, 3.63) is 53.3 Å². The molecular formula is C22H19F4N5O4. The first-order chi connectivity index (χ1) is 16.7. The van der Waals surface area contributed by atoms with Crippen molar-refractivity contribution >= 4 is 23.0 Å². The van der Waals surface area contributed by atoms with Gasteiger partial charge in [0.25, 0.3) is 5.91 Å². The Balaban J connectivity index is 1.14. The molecule has 2 saturated heterocycles. The van der Waals surface area contributed by atoms with E-state index in [0.717, 1.165) is 12.1 Å². The van der Waals surface area contributed by atoms with E-state index in [4.69, 9.17) is 4.74 Å². The number of aromatic amines is 1. The van der Waals surface area contributed by atoms with Gasteiger partial charge in [-0.1, -0.05) is 6.07 Å². The van der Waals surface area contributed by atoms with Gasteiger partial charge in [-0.05, 0) is 35.9 Å². The monoisotopic (exact) mass is 493 g/mol. The van der Waals surface area contributed by atoms with E-state index >= 15 is 0 Å². The summed E-state index contributed by atoms with van der Waals surface area (Å²) in [6.45, 7) is 1.41. The molecule has 35 heavy (non-hydrogen) atoms. The van der Waals surface area contributed by atoms with Crippen LogP contribution in [0.25, 0.3) is 11.0 Å². The Morgan fingerprint density at radius 1 is 0.971 bits per heavy atom. The van der Waals surface area contributed by atoms with Crippen LogP contribution in [0.15, 0.2) is 36.4 Å². The molecule has 0 aliphatic carbocycles. The largest absolute Gasteiger partial charge is 0.573 e. The normalized spacial score (nSPS) is 19.8. The third kappa shape index (κ3) is 4.84. The minimum atomic E-state index is -5.04. The first kappa shape index (κ1) is 22.9. The van der Waals surface area contributed by atoms with Gasteiger partial charge in [0.2, 0.25) is 0 Å². The number of rotatable bonds is 4. The second-order valence-electron chi connectivity index (χ2n) is 8.53. The standard InChI is InChI=1S/C22H19F4N5O4/c23-16-3-1-12(5-19(16)35-22(24,25)26)11-34-21(33)31-9-14-7-30(8-15(14)10-31)20(32)13-2-4-17-18(6-13)28-29-27-17/h1-6,14-15H,7-11H2,(H,27,28,29). The molecule has 9 nitrogen and oxygen atoms in total. The van der Waals surface area contributed by atoms with E-state index < -0.39 is 24.0 Å². The van der Waals surface area contributed by atoms with Crippen molar-refractivity contribution in [1.29, 1.82) is 0 Å². The minimum Gasteiger partial charge on any atom is -0.445 e. The number of carbonyl (C=O) groups is 2. The highest BCUT2D eigenvalue weighted by Crippen LogP contribution is 2.33. The Hall–Kier alpha value is -3.90. The number of ether oxygens (including phenoxy) is 2. The zero-order valence-electron chi connectivity index (χ0n) is 18.1. The van der Waals surface area contributed by atoms with Crippen LogP contribution in [0, 0.1) is 17.7 Å². The van der Waals surface area contributed by atoms with E-state index in [-0.39, 0.29) is 29.9 Å². The van der Waals surface area contributed by atoms with Gasteiger partial charge >= 0.3 is 12.5 Å². The van der Waals surface area contributed by atoms with Gasteiger partial charge in [-0.15, -0.1) is 13.2 Å². The van der Waals surface area contributed by atoms with Gasteiger partial charge in [0, 0.05) is 43.6 Å². The van der Waals surface area contributed by atoms with Crippen molar-refractivity contribution < 1.29 is 36.6 Å². The molecule has 2 amide bonds. The molecule has 1 N–H and O–H groups in total. The summed E-state index contributed by atoms with van der Waals surface area (Å²) in [5.74, 6) is -2.12. The molecule has 0 saturated carbocycles. The number of hydrogen-bond donors (Lipinski definition) is 1. The molecule has 1 aromatic heterocycles. The molecule has 3 heterocycles. The van der Waals surface area contributed by atoms with Crippen LogP contribution in [0.1, 0.15) is 15.9 Å². The highest BCUT2D eigenvalue weighted by atomic mass is 19.4. The van der Waals surface area contributed by atoms with Gasteiger partial charge < -0.3 is 19.3 Å². The maximum Gasteiger partial charge on any atom is 0.573 e. The number of aromatic nitrogens is 3. The lowest BCUT2D eigenvalue weighted by atomic mass is 10.0. The predicted molar refractivity (Wildman–Crippen MR) is 112 cm³/mol. The number of hydrogen-bond acceptors (Lipinski definition) is 6.